The molecule has 0 spiro atoms. The van der Waals surface area contributed by atoms with Gasteiger partial charge in [0.05, 0.1) is 0 Å². The molecule has 2 rings (SSSR count). The summed E-state index contributed by atoms with van der Waals surface area (Å²) in [6.07, 6.45) is 2.93. The van der Waals surface area contributed by atoms with Crippen LogP contribution in [-0.4, -0.2) is 39.8 Å². The summed E-state index contributed by atoms with van der Waals surface area (Å²) in [6, 6.07) is 1.81. The van der Waals surface area contributed by atoms with Crippen LogP contribution in [0.5, 0.6) is 0 Å². The van der Waals surface area contributed by atoms with Crippen molar-refractivity contribution in [2.24, 2.45) is 0 Å². The third-order valence-electron chi connectivity index (χ3n) is 2.20. The second kappa shape index (κ2) is 6.05. The van der Waals surface area contributed by atoms with Crippen molar-refractivity contribution < 1.29 is 0 Å². The maximum absolute atomic E-state index is 5.55. The Hall–Kier alpha value is -1.28. The molecule has 0 atom stereocenters. The number of aryl methyl sites for hydroxylation is 1. The molecule has 0 aromatic carbocycles. The number of nitrogens with two attached hydrogens (primary N) is 1. The van der Waals surface area contributed by atoms with E-state index in [-0.39, 0.29) is 0 Å². The summed E-state index contributed by atoms with van der Waals surface area (Å²) < 4.78 is 2.88. The molecule has 0 fully saturated rings. The molecule has 98 valence electrons. The van der Waals surface area contributed by atoms with Crippen molar-refractivity contribution in [3.63, 3.8) is 0 Å². The first-order valence-electron chi connectivity index (χ1n) is 5.58. The number of thioether (sulfide) groups is 1. The molecule has 0 radical (unpaired) electrons. The van der Waals surface area contributed by atoms with Gasteiger partial charge in [0.15, 0.2) is 4.34 Å². The largest absolute Gasteiger partial charge is 0.382 e. The van der Waals surface area contributed by atoms with Crippen LogP contribution in [0.1, 0.15) is 6.42 Å². The lowest BCUT2D eigenvalue weighted by atomic mass is 10.5. The molecular formula is C10H16N6S2. The lowest BCUT2D eigenvalue weighted by molar-refractivity contribution is 0.608. The normalized spacial score (nSPS) is 10.8. The Kier molecular flexibility index (Phi) is 4.43. The molecule has 2 N–H and O–H groups in total. The van der Waals surface area contributed by atoms with Gasteiger partial charge in [-0.3, -0.25) is 4.68 Å². The Morgan fingerprint density at radius 1 is 1.44 bits per heavy atom. The highest BCUT2D eigenvalue weighted by Gasteiger charge is 2.05. The van der Waals surface area contributed by atoms with Gasteiger partial charge < -0.3 is 10.6 Å². The second-order valence-electron chi connectivity index (χ2n) is 3.95. The summed E-state index contributed by atoms with van der Waals surface area (Å²) in [7, 11) is 3.94. The van der Waals surface area contributed by atoms with E-state index >= 15 is 0 Å². The lowest BCUT2D eigenvalue weighted by Crippen LogP contribution is -2.07. The van der Waals surface area contributed by atoms with E-state index in [4.69, 9.17) is 5.73 Å². The van der Waals surface area contributed by atoms with E-state index in [0.29, 0.717) is 5.82 Å². The van der Waals surface area contributed by atoms with E-state index in [1.54, 1.807) is 29.2 Å². The third kappa shape index (κ3) is 3.61. The topological polar surface area (TPSA) is 72.9 Å². The Labute approximate surface area is 114 Å². The van der Waals surface area contributed by atoms with Gasteiger partial charge in [-0.1, -0.05) is 23.1 Å². The summed E-state index contributed by atoms with van der Waals surface area (Å²) in [4.78, 5) is 1.97. The summed E-state index contributed by atoms with van der Waals surface area (Å²) in [5.41, 5.74) is 5.55. The molecule has 0 aliphatic carbocycles. The van der Waals surface area contributed by atoms with Crippen molar-refractivity contribution >= 4 is 34.0 Å². The summed E-state index contributed by atoms with van der Waals surface area (Å²) in [5.74, 6) is 1.57. The molecule has 2 aromatic rings. The maximum atomic E-state index is 5.55. The molecular weight excluding hydrogens is 268 g/mol. The fourth-order valence-corrected chi connectivity index (χ4v) is 3.09. The zero-order valence-corrected chi connectivity index (χ0v) is 12.0. The number of rotatable bonds is 6. The van der Waals surface area contributed by atoms with Gasteiger partial charge in [-0.05, 0) is 12.5 Å². The van der Waals surface area contributed by atoms with E-state index in [1.807, 2.05) is 29.9 Å². The van der Waals surface area contributed by atoms with Crippen molar-refractivity contribution in [2.75, 3.05) is 30.5 Å². The first-order chi connectivity index (χ1) is 8.65. The lowest BCUT2D eigenvalue weighted by Gasteiger charge is -2.03. The quantitative estimate of drug-likeness (QED) is 0.641. The summed E-state index contributed by atoms with van der Waals surface area (Å²) >= 11 is 3.35. The average molecular weight is 284 g/mol. The summed E-state index contributed by atoms with van der Waals surface area (Å²) in [6.45, 7) is 0.879. The van der Waals surface area contributed by atoms with E-state index in [1.165, 1.54) is 0 Å². The number of aromatic nitrogens is 4. The SMILES string of the molecule is CN(C)c1nnc(SCCCn2ccc(N)n2)s1. The molecule has 0 saturated carbocycles. The molecule has 0 aliphatic heterocycles. The molecule has 0 saturated heterocycles. The van der Waals surface area contributed by atoms with Crippen molar-refractivity contribution in [3.05, 3.63) is 12.3 Å². The van der Waals surface area contributed by atoms with Crippen LogP contribution in [0.4, 0.5) is 10.9 Å². The standard InChI is InChI=1S/C10H16N6S2/c1-15(2)9-12-13-10(18-9)17-7-3-5-16-6-4-8(11)14-16/h4,6H,3,5,7H2,1-2H3,(H2,11,14). The van der Waals surface area contributed by atoms with Gasteiger partial charge in [-0.25, -0.2) is 0 Å². The smallest absolute Gasteiger partial charge is 0.208 e. The molecule has 0 unspecified atom stereocenters. The minimum atomic E-state index is 0.572. The van der Waals surface area contributed by atoms with Gasteiger partial charge in [0.2, 0.25) is 5.13 Å². The van der Waals surface area contributed by atoms with E-state index in [9.17, 15) is 0 Å². The molecule has 8 heteroatoms. The van der Waals surface area contributed by atoms with Crippen LogP contribution >= 0.6 is 23.1 Å². The van der Waals surface area contributed by atoms with Gasteiger partial charge in [-0.15, -0.1) is 10.2 Å². The Morgan fingerprint density at radius 2 is 2.28 bits per heavy atom. The molecule has 2 heterocycles. The van der Waals surface area contributed by atoms with Crippen molar-refractivity contribution in [2.45, 2.75) is 17.3 Å². The van der Waals surface area contributed by atoms with Gasteiger partial charge in [0.25, 0.3) is 0 Å². The van der Waals surface area contributed by atoms with Crippen molar-refractivity contribution in [1.29, 1.82) is 0 Å². The average Bonchev–Trinajstić information content (AvgIpc) is 2.93. The number of anilines is 2. The predicted octanol–water partition coefficient (Wildman–Crippen LogP) is 1.57. The number of hydrogen-bond donors (Lipinski definition) is 1. The van der Waals surface area contributed by atoms with Crippen molar-refractivity contribution in [3.8, 4) is 0 Å². The van der Waals surface area contributed by atoms with Crippen LogP contribution < -0.4 is 10.6 Å². The van der Waals surface area contributed by atoms with Gasteiger partial charge in [-0.2, -0.15) is 5.10 Å². The zero-order chi connectivity index (χ0) is 13.0. The van der Waals surface area contributed by atoms with E-state index < -0.39 is 0 Å². The third-order valence-corrected chi connectivity index (χ3v) is 4.51. The van der Waals surface area contributed by atoms with Gasteiger partial charge in [0.1, 0.15) is 5.82 Å². The van der Waals surface area contributed by atoms with Gasteiger partial charge in [0, 0.05) is 32.6 Å². The Balaban J connectivity index is 1.71. The highest BCUT2D eigenvalue weighted by atomic mass is 32.2. The summed E-state index contributed by atoms with van der Waals surface area (Å²) in [5, 5.41) is 13.3. The van der Waals surface area contributed by atoms with E-state index in [0.717, 1.165) is 28.2 Å². The molecule has 2 aromatic heterocycles. The van der Waals surface area contributed by atoms with Gasteiger partial charge >= 0.3 is 0 Å². The van der Waals surface area contributed by atoms with Crippen LogP contribution in [0, 0.1) is 0 Å². The molecule has 0 bridgehead atoms. The fraction of sp³-hybridized carbons (Fsp3) is 0.500. The highest BCUT2D eigenvalue weighted by Crippen LogP contribution is 2.27. The predicted molar refractivity (Wildman–Crippen MR) is 76.2 cm³/mol. The maximum Gasteiger partial charge on any atom is 0.208 e. The first kappa shape index (κ1) is 13.2. The number of hydrogen-bond acceptors (Lipinski definition) is 7. The first-order valence-corrected chi connectivity index (χ1v) is 7.38. The second-order valence-corrected chi connectivity index (χ2v) is 6.25. The fourth-order valence-electron chi connectivity index (χ4n) is 1.33. The minimum Gasteiger partial charge on any atom is -0.382 e. The highest BCUT2D eigenvalue weighted by molar-refractivity contribution is 8.01. The number of nitrogens with zero attached hydrogens (tertiary/aromatic N) is 5. The Bertz CT molecular complexity index is 492. The van der Waals surface area contributed by atoms with Crippen molar-refractivity contribution in [1.82, 2.24) is 20.0 Å². The molecule has 0 amide bonds. The number of nitrogen functional groups attached to an aromatic ring is 1. The monoisotopic (exact) mass is 284 g/mol. The molecule has 6 nitrogen and oxygen atoms in total. The Morgan fingerprint density at radius 3 is 2.89 bits per heavy atom. The molecule has 18 heavy (non-hydrogen) atoms. The van der Waals surface area contributed by atoms with E-state index in [2.05, 4.69) is 15.3 Å². The minimum absolute atomic E-state index is 0.572. The molecule has 0 aliphatic rings. The van der Waals surface area contributed by atoms with Crippen LogP contribution in [0.15, 0.2) is 16.6 Å². The van der Waals surface area contributed by atoms with Crippen LogP contribution in [0.25, 0.3) is 0 Å². The van der Waals surface area contributed by atoms with Crippen LogP contribution in [-0.2, 0) is 6.54 Å². The van der Waals surface area contributed by atoms with Crippen LogP contribution in [0.3, 0.4) is 0 Å². The zero-order valence-electron chi connectivity index (χ0n) is 10.4. The van der Waals surface area contributed by atoms with Crippen LogP contribution in [0.2, 0.25) is 0 Å².